The quantitative estimate of drug-likeness (QED) is 0.844. The van der Waals surface area contributed by atoms with E-state index in [1.54, 1.807) is 14.2 Å². The number of methoxy groups -OCH3 is 2. The van der Waals surface area contributed by atoms with Gasteiger partial charge in [0.2, 0.25) is 0 Å². The summed E-state index contributed by atoms with van der Waals surface area (Å²) in [7, 11) is 3.31. The third-order valence-electron chi connectivity index (χ3n) is 6.93. The van der Waals surface area contributed by atoms with Crippen LogP contribution in [0.25, 0.3) is 0 Å². The molecule has 0 radical (unpaired) electrons. The Morgan fingerprint density at radius 2 is 1.57 bits per heavy atom. The Hall–Kier alpha value is -1.95. The lowest BCUT2D eigenvalue weighted by Crippen LogP contribution is -3.07. The molecule has 1 atom stereocenters. The van der Waals surface area contributed by atoms with Crippen LogP contribution in [-0.2, 0) is 16.7 Å². The minimum atomic E-state index is -0.583. The van der Waals surface area contributed by atoms with E-state index in [-0.39, 0.29) is 17.2 Å². The van der Waals surface area contributed by atoms with Gasteiger partial charge in [0.15, 0.2) is 17.1 Å². The molecule has 3 heterocycles. The topological polar surface area (TPSA) is 64.6 Å². The second-order valence-corrected chi connectivity index (χ2v) is 10.2. The number of hydrogen-bond donors (Lipinski definition) is 1. The average Bonchev–Trinajstić information content (AvgIpc) is 2.77. The van der Waals surface area contributed by atoms with Gasteiger partial charge in [0.25, 0.3) is 0 Å². The summed E-state index contributed by atoms with van der Waals surface area (Å²) in [6.45, 7) is 11.8. The number of fused-ring (bicyclic) bond motifs is 4. The Morgan fingerprint density at radius 1 is 1.00 bits per heavy atom. The molecule has 3 aliphatic heterocycles. The number of carbonyl (C=O) groups is 1. The minimum absolute atomic E-state index is 0.0325. The highest BCUT2D eigenvalue weighted by molar-refractivity contribution is 5.75. The summed E-state index contributed by atoms with van der Waals surface area (Å²) in [6, 6.07) is 4.13. The fourth-order valence-electron chi connectivity index (χ4n) is 6.38. The Kier molecular flexibility index (Phi) is 4.00. The van der Waals surface area contributed by atoms with Gasteiger partial charge in [-0.3, -0.25) is 4.90 Å². The Bertz CT molecular complexity index is 816. The van der Waals surface area contributed by atoms with Crippen LogP contribution in [0.1, 0.15) is 58.6 Å². The van der Waals surface area contributed by atoms with Crippen LogP contribution in [-0.4, -0.2) is 48.4 Å². The van der Waals surface area contributed by atoms with Crippen molar-refractivity contribution in [3.8, 4) is 11.5 Å². The molecule has 6 heteroatoms. The summed E-state index contributed by atoms with van der Waals surface area (Å²) in [5.41, 5.74) is 1.14. The number of amides is 1. The maximum absolute atomic E-state index is 13.0. The van der Waals surface area contributed by atoms with Gasteiger partial charge >= 0.3 is 6.09 Å². The van der Waals surface area contributed by atoms with Crippen LogP contribution in [0.2, 0.25) is 0 Å². The molecule has 2 saturated heterocycles. The number of quaternary nitrogens is 1. The van der Waals surface area contributed by atoms with E-state index in [0.29, 0.717) is 12.3 Å². The van der Waals surface area contributed by atoms with Crippen molar-refractivity contribution >= 4 is 6.09 Å². The molecule has 2 fully saturated rings. The monoisotopic (exact) mass is 389 g/mol. The fourth-order valence-corrected chi connectivity index (χ4v) is 6.38. The highest BCUT2D eigenvalue weighted by Crippen LogP contribution is 2.57. The standard InChI is InChI=1S/C22H32N2O4/c1-19(2)12-22(13-20(3,4)23-19)21(5)15-11-17(27-7)16(26-6)10-14(15)8-9-24(21)18(25)28-22/h10-11,23H,8-9,12-13H2,1-7H3/p+1/t21-/m0/s1. The smallest absolute Gasteiger partial charge is 0.411 e. The molecule has 1 spiro atoms. The second kappa shape index (κ2) is 5.78. The van der Waals surface area contributed by atoms with Crippen LogP contribution in [0.4, 0.5) is 4.79 Å². The summed E-state index contributed by atoms with van der Waals surface area (Å²) < 4.78 is 17.4. The molecule has 0 aliphatic carbocycles. The second-order valence-electron chi connectivity index (χ2n) is 10.2. The lowest BCUT2D eigenvalue weighted by atomic mass is 9.61. The van der Waals surface area contributed by atoms with Crippen molar-refractivity contribution in [2.45, 2.75) is 76.1 Å². The SMILES string of the molecule is COc1cc2c(cc1OC)[C@]1(C)N(CC2)C(=O)OC12CC(C)(C)[NH2+]C(C)(C)C2. The van der Waals surface area contributed by atoms with Crippen LogP contribution < -0.4 is 14.8 Å². The van der Waals surface area contributed by atoms with Gasteiger partial charge < -0.3 is 19.5 Å². The first-order chi connectivity index (χ1) is 13.0. The largest absolute Gasteiger partial charge is 0.493 e. The van der Waals surface area contributed by atoms with Gasteiger partial charge in [-0.25, -0.2) is 4.79 Å². The first kappa shape index (κ1) is 19.4. The highest BCUT2D eigenvalue weighted by Gasteiger charge is 2.70. The van der Waals surface area contributed by atoms with Gasteiger partial charge in [-0.05, 0) is 64.3 Å². The molecule has 0 bridgehead atoms. The van der Waals surface area contributed by atoms with E-state index in [1.807, 2.05) is 4.90 Å². The summed E-state index contributed by atoms with van der Waals surface area (Å²) in [5, 5.41) is 2.42. The van der Waals surface area contributed by atoms with Crippen LogP contribution in [0.5, 0.6) is 11.5 Å². The molecule has 0 unspecified atom stereocenters. The van der Waals surface area contributed by atoms with Crippen molar-refractivity contribution in [1.29, 1.82) is 0 Å². The van der Waals surface area contributed by atoms with E-state index < -0.39 is 11.1 Å². The number of piperidine rings is 1. The molecule has 28 heavy (non-hydrogen) atoms. The summed E-state index contributed by atoms with van der Waals surface area (Å²) in [5.74, 6) is 1.43. The zero-order valence-electron chi connectivity index (χ0n) is 18.1. The Labute approximate surface area is 167 Å². The molecule has 154 valence electrons. The Balaban J connectivity index is 1.94. The third kappa shape index (κ3) is 2.53. The van der Waals surface area contributed by atoms with Crippen LogP contribution in [0.15, 0.2) is 12.1 Å². The molecule has 6 nitrogen and oxygen atoms in total. The summed E-state index contributed by atoms with van der Waals surface area (Å²) >= 11 is 0. The van der Waals surface area contributed by atoms with E-state index >= 15 is 0 Å². The molecular weight excluding hydrogens is 356 g/mol. The zero-order chi connectivity index (χ0) is 20.5. The number of ether oxygens (including phenoxy) is 3. The number of hydrogen-bond acceptors (Lipinski definition) is 4. The van der Waals surface area contributed by atoms with Crippen molar-refractivity contribution in [3.63, 3.8) is 0 Å². The molecule has 4 rings (SSSR count). The van der Waals surface area contributed by atoms with Gasteiger partial charge in [-0.2, -0.15) is 0 Å². The van der Waals surface area contributed by atoms with Crippen molar-refractivity contribution in [3.05, 3.63) is 23.3 Å². The minimum Gasteiger partial charge on any atom is -0.493 e. The predicted molar refractivity (Wildman–Crippen MR) is 106 cm³/mol. The van der Waals surface area contributed by atoms with Crippen molar-refractivity contribution < 1.29 is 24.3 Å². The number of nitrogens with zero attached hydrogens (tertiary/aromatic N) is 1. The first-order valence-corrected chi connectivity index (χ1v) is 10.1. The number of carbonyl (C=O) groups excluding carboxylic acids is 1. The van der Waals surface area contributed by atoms with Crippen LogP contribution >= 0.6 is 0 Å². The predicted octanol–water partition coefficient (Wildman–Crippen LogP) is 2.58. The van der Waals surface area contributed by atoms with Crippen molar-refractivity contribution in [2.24, 2.45) is 0 Å². The van der Waals surface area contributed by atoms with Gasteiger partial charge in [0.05, 0.1) is 25.3 Å². The van der Waals surface area contributed by atoms with Crippen molar-refractivity contribution in [2.75, 3.05) is 20.8 Å². The van der Waals surface area contributed by atoms with Crippen LogP contribution in [0, 0.1) is 0 Å². The van der Waals surface area contributed by atoms with E-state index in [9.17, 15) is 4.79 Å². The normalized spacial score (nSPS) is 29.1. The van der Waals surface area contributed by atoms with Crippen molar-refractivity contribution in [1.82, 2.24) is 4.90 Å². The van der Waals surface area contributed by atoms with E-state index in [0.717, 1.165) is 30.6 Å². The van der Waals surface area contributed by atoms with Gasteiger partial charge in [0.1, 0.15) is 5.54 Å². The lowest BCUT2D eigenvalue weighted by Gasteiger charge is -2.54. The van der Waals surface area contributed by atoms with Gasteiger partial charge in [0, 0.05) is 19.4 Å². The highest BCUT2D eigenvalue weighted by atomic mass is 16.6. The maximum atomic E-state index is 13.0. The molecule has 1 aromatic carbocycles. The molecule has 0 saturated carbocycles. The zero-order valence-corrected chi connectivity index (χ0v) is 18.1. The number of benzene rings is 1. The van der Waals surface area contributed by atoms with E-state index in [4.69, 9.17) is 14.2 Å². The third-order valence-corrected chi connectivity index (χ3v) is 6.93. The van der Waals surface area contributed by atoms with E-state index in [2.05, 4.69) is 52.1 Å². The average molecular weight is 390 g/mol. The molecule has 0 aromatic heterocycles. The molecule has 1 amide bonds. The van der Waals surface area contributed by atoms with E-state index in [1.165, 1.54) is 5.56 Å². The molecule has 1 aromatic rings. The molecule has 2 N–H and O–H groups in total. The number of nitrogens with two attached hydrogens (primary N) is 1. The maximum Gasteiger partial charge on any atom is 0.411 e. The number of rotatable bonds is 2. The molecular formula is C22H33N2O4+. The first-order valence-electron chi connectivity index (χ1n) is 10.1. The van der Waals surface area contributed by atoms with Gasteiger partial charge in [-0.15, -0.1) is 0 Å². The van der Waals surface area contributed by atoms with Gasteiger partial charge in [-0.1, -0.05) is 0 Å². The summed E-state index contributed by atoms with van der Waals surface area (Å²) in [4.78, 5) is 15.0. The Morgan fingerprint density at radius 3 is 2.14 bits per heavy atom. The fraction of sp³-hybridized carbons (Fsp3) is 0.682. The summed E-state index contributed by atoms with van der Waals surface area (Å²) in [6.07, 6.45) is 2.19. The lowest BCUT2D eigenvalue weighted by molar-refractivity contribution is -0.792. The van der Waals surface area contributed by atoms with Crippen LogP contribution in [0.3, 0.4) is 0 Å². The molecule has 3 aliphatic rings.